The SMILES string of the molecule is O=C1OCc2c1nc1ccc(Br)cc1c2-c1ccccc1. The summed E-state index contributed by atoms with van der Waals surface area (Å²) in [7, 11) is 0. The van der Waals surface area contributed by atoms with E-state index in [4.69, 9.17) is 4.74 Å². The van der Waals surface area contributed by atoms with E-state index in [1.165, 1.54) is 0 Å². The molecule has 0 unspecified atom stereocenters. The summed E-state index contributed by atoms with van der Waals surface area (Å²) in [5, 5.41) is 1.02. The van der Waals surface area contributed by atoms with Crippen LogP contribution < -0.4 is 0 Å². The second-order valence-electron chi connectivity index (χ2n) is 4.92. The molecule has 3 aromatic rings. The lowest BCUT2D eigenvalue weighted by atomic mass is 9.95. The molecule has 4 heteroatoms. The van der Waals surface area contributed by atoms with E-state index in [9.17, 15) is 4.79 Å². The number of rotatable bonds is 1. The number of halogens is 1. The zero-order valence-electron chi connectivity index (χ0n) is 11.0. The molecule has 4 rings (SSSR count). The summed E-state index contributed by atoms with van der Waals surface area (Å²) in [5.74, 6) is -0.341. The first-order valence-corrected chi connectivity index (χ1v) is 7.38. The first-order chi connectivity index (χ1) is 10.2. The van der Waals surface area contributed by atoms with Gasteiger partial charge in [-0.2, -0.15) is 0 Å². The Kier molecular flexibility index (Phi) is 2.79. The van der Waals surface area contributed by atoms with Gasteiger partial charge in [0.25, 0.3) is 0 Å². The van der Waals surface area contributed by atoms with E-state index >= 15 is 0 Å². The fourth-order valence-corrected chi connectivity index (χ4v) is 3.09. The van der Waals surface area contributed by atoms with Gasteiger partial charge in [0.05, 0.1) is 5.52 Å². The van der Waals surface area contributed by atoms with Crippen LogP contribution in [-0.4, -0.2) is 11.0 Å². The van der Waals surface area contributed by atoms with Crippen molar-refractivity contribution < 1.29 is 9.53 Å². The third-order valence-electron chi connectivity index (χ3n) is 3.65. The molecule has 102 valence electrons. The summed E-state index contributed by atoms with van der Waals surface area (Å²) in [5.41, 5.74) is 4.20. The van der Waals surface area contributed by atoms with E-state index in [1.807, 2.05) is 48.5 Å². The Labute approximate surface area is 129 Å². The molecule has 1 aromatic heterocycles. The number of carbonyl (C=O) groups is 1. The number of hydrogen-bond donors (Lipinski definition) is 0. The number of benzene rings is 2. The standard InChI is InChI=1S/C17H10BrNO2/c18-11-6-7-14-12(8-11)15(10-4-2-1-3-5-10)13-9-21-17(20)16(13)19-14/h1-8H,9H2. The fraction of sp³-hybridized carbons (Fsp3) is 0.0588. The van der Waals surface area contributed by atoms with Crippen LogP contribution in [0.4, 0.5) is 0 Å². The third-order valence-corrected chi connectivity index (χ3v) is 4.14. The smallest absolute Gasteiger partial charge is 0.357 e. The van der Waals surface area contributed by atoms with E-state index in [1.54, 1.807) is 0 Å². The van der Waals surface area contributed by atoms with Crippen LogP contribution in [0.15, 0.2) is 53.0 Å². The van der Waals surface area contributed by atoms with Crippen molar-refractivity contribution in [2.75, 3.05) is 0 Å². The van der Waals surface area contributed by atoms with Crippen molar-refractivity contribution in [1.82, 2.24) is 4.98 Å². The number of pyridine rings is 1. The summed E-state index contributed by atoms with van der Waals surface area (Å²) in [4.78, 5) is 16.3. The van der Waals surface area contributed by atoms with Crippen LogP contribution in [0, 0.1) is 0 Å². The molecule has 0 atom stereocenters. The van der Waals surface area contributed by atoms with Crippen molar-refractivity contribution in [2.45, 2.75) is 6.61 Å². The Balaban J connectivity index is 2.16. The van der Waals surface area contributed by atoms with E-state index in [2.05, 4.69) is 20.9 Å². The van der Waals surface area contributed by atoms with Crippen molar-refractivity contribution in [3.05, 3.63) is 64.3 Å². The molecule has 0 amide bonds. The number of ether oxygens (including phenoxy) is 1. The average Bonchev–Trinajstić information content (AvgIpc) is 2.87. The van der Waals surface area contributed by atoms with Gasteiger partial charge in [0.15, 0.2) is 5.69 Å². The van der Waals surface area contributed by atoms with Gasteiger partial charge in [-0.1, -0.05) is 46.3 Å². The van der Waals surface area contributed by atoms with Crippen LogP contribution in [0.5, 0.6) is 0 Å². The van der Waals surface area contributed by atoms with Crippen molar-refractivity contribution >= 4 is 32.8 Å². The molecule has 1 aliphatic heterocycles. The summed E-state index contributed by atoms with van der Waals surface area (Å²) in [6.07, 6.45) is 0. The van der Waals surface area contributed by atoms with Crippen LogP contribution >= 0.6 is 15.9 Å². The van der Waals surface area contributed by atoms with Crippen molar-refractivity contribution in [3.8, 4) is 11.1 Å². The molecule has 21 heavy (non-hydrogen) atoms. The number of cyclic esters (lactones) is 1. The average molecular weight is 340 g/mol. The second-order valence-corrected chi connectivity index (χ2v) is 5.83. The first-order valence-electron chi connectivity index (χ1n) is 6.59. The van der Waals surface area contributed by atoms with Gasteiger partial charge in [-0.3, -0.25) is 0 Å². The predicted octanol–water partition coefficient (Wildman–Crippen LogP) is 4.33. The fourth-order valence-electron chi connectivity index (χ4n) is 2.72. The molecule has 0 N–H and O–H groups in total. The Bertz CT molecular complexity index is 875. The summed E-state index contributed by atoms with van der Waals surface area (Å²) < 4.78 is 6.16. The zero-order chi connectivity index (χ0) is 14.4. The van der Waals surface area contributed by atoms with Gasteiger partial charge >= 0.3 is 5.97 Å². The second kappa shape index (κ2) is 4.67. The molecule has 0 saturated carbocycles. The highest BCUT2D eigenvalue weighted by Gasteiger charge is 2.28. The number of esters is 1. The van der Waals surface area contributed by atoms with Crippen LogP contribution in [0.25, 0.3) is 22.0 Å². The molecule has 0 aliphatic carbocycles. The highest BCUT2D eigenvalue weighted by atomic mass is 79.9. The van der Waals surface area contributed by atoms with E-state index in [0.717, 1.165) is 32.1 Å². The number of nitrogens with zero attached hydrogens (tertiary/aromatic N) is 1. The molecule has 0 spiro atoms. The highest BCUT2D eigenvalue weighted by Crippen LogP contribution is 2.37. The Morgan fingerprint density at radius 3 is 2.71 bits per heavy atom. The Morgan fingerprint density at radius 1 is 1.10 bits per heavy atom. The van der Waals surface area contributed by atoms with Crippen molar-refractivity contribution in [3.63, 3.8) is 0 Å². The zero-order valence-corrected chi connectivity index (χ0v) is 12.6. The lowest BCUT2D eigenvalue weighted by Gasteiger charge is -2.11. The maximum absolute atomic E-state index is 11.9. The lowest BCUT2D eigenvalue weighted by molar-refractivity contribution is 0.0531. The minimum absolute atomic E-state index is 0.286. The quantitative estimate of drug-likeness (QED) is 0.619. The normalized spacial score (nSPS) is 13.3. The molecule has 2 aromatic carbocycles. The van der Waals surface area contributed by atoms with Gasteiger partial charge in [-0.05, 0) is 23.8 Å². The minimum Gasteiger partial charge on any atom is -0.456 e. The van der Waals surface area contributed by atoms with Crippen LogP contribution in [0.3, 0.4) is 0 Å². The van der Waals surface area contributed by atoms with Gasteiger partial charge in [-0.25, -0.2) is 9.78 Å². The minimum atomic E-state index is -0.341. The van der Waals surface area contributed by atoms with E-state index in [-0.39, 0.29) is 12.6 Å². The predicted molar refractivity (Wildman–Crippen MR) is 84.0 cm³/mol. The largest absolute Gasteiger partial charge is 0.456 e. The van der Waals surface area contributed by atoms with E-state index < -0.39 is 0 Å². The van der Waals surface area contributed by atoms with Crippen molar-refractivity contribution in [1.29, 1.82) is 0 Å². The summed E-state index contributed by atoms with van der Waals surface area (Å²) in [6.45, 7) is 0.286. The molecule has 0 radical (unpaired) electrons. The van der Waals surface area contributed by atoms with Crippen molar-refractivity contribution in [2.24, 2.45) is 0 Å². The molecule has 3 nitrogen and oxygen atoms in total. The Hall–Kier alpha value is -2.20. The molecule has 2 heterocycles. The first kappa shape index (κ1) is 12.5. The maximum atomic E-state index is 11.9. The molecule has 1 aliphatic rings. The van der Waals surface area contributed by atoms with Gasteiger partial charge < -0.3 is 4.74 Å². The molecule has 0 fully saturated rings. The van der Waals surface area contributed by atoms with Gasteiger partial charge in [0.2, 0.25) is 0 Å². The van der Waals surface area contributed by atoms with Gasteiger partial charge in [0, 0.05) is 21.0 Å². The lowest BCUT2D eigenvalue weighted by Crippen LogP contribution is -2.00. The highest BCUT2D eigenvalue weighted by molar-refractivity contribution is 9.10. The monoisotopic (exact) mass is 339 g/mol. The molecular formula is C17H10BrNO2. The summed E-state index contributed by atoms with van der Waals surface area (Å²) in [6, 6.07) is 15.9. The number of aromatic nitrogens is 1. The maximum Gasteiger partial charge on any atom is 0.357 e. The number of fused-ring (bicyclic) bond motifs is 2. The van der Waals surface area contributed by atoms with Crippen LogP contribution in [-0.2, 0) is 11.3 Å². The Morgan fingerprint density at radius 2 is 1.90 bits per heavy atom. The molecule has 0 bridgehead atoms. The topological polar surface area (TPSA) is 39.2 Å². The number of carbonyl (C=O) groups excluding carboxylic acids is 1. The molecular weight excluding hydrogens is 330 g/mol. The van der Waals surface area contributed by atoms with Crippen LogP contribution in [0.1, 0.15) is 16.1 Å². The van der Waals surface area contributed by atoms with Gasteiger partial charge in [0.1, 0.15) is 6.61 Å². The summed E-state index contributed by atoms with van der Waals surface area (Å²) >= 11 is 3.51. The van der Waals surface area contributed by atoms with Gasteiger partial charge in [-0.15, -0.1) is 0 Å². The number of hydrogen-bond acceptors (Lipinski definition) is 3. The van der Waals surface area contributed by atoms with E-state index in [0.29, 0.717) is 5.69 Å². The van der Waals surface area contributed by atoms with Crippen LogP contribution in [0.2, 0.25) is 0 Å². The third kappa shape index (κ3) is 1.94. The molecule has 0 saturated heterocycles.